The molecule has 2 N–H and O–H groups in total. The van der Waals surface area contributed by atoms with Crippen LogP contribution >= 0.6 is 0 Å². The minimum Gasteiger partial charge on any atom is -0.389 e. The molecule has 0 amide bonds. The quantitative estimate of drug-likeness (QED) is 0.324. The van der Waals surface area contributed by atoms with Crippen molar-refractivity contribution in [1.82, 2.24) is 0 Å². The van der Waals surface area contributed by atoms with Gasteiger partial charge in [0, 0.05) is 25.2 Å². The molecule has 1 saturated carbocycles. The number of rotatable bonds is 15. The molecule has 1 fully saturated rings. The molecular weight excluding hydrogens is 356 g/mol. The van der Waals surface area contributed by atoms with E-state index >= 15 is 0 Å². The van der Waals surface area contributed by atoms with E-state index in [-0.39, 0.29) is 30.0 Å². The average molecular weight is 395 g/mol. The lowest BCUT2D eigenvalue weighted by molar-refractivity contribution is -0.135. The fraction of sp³-hybridized carbons (Fsp3) is 0.783. The lowest BCUT2D eigenvalue weighted by atomic mass is 9.86. The van der Waals surface area contributed by atoms with E-state index in [1.54, 1.807) is 0 Å². The van der Waals surface area contributed by atoms with Gasteiger partial charge in [0.1, 0.15) is 18.0 Å². The molecule has 28 heavy (non-hydrogen) atoms. The van der Waals surface area contributed by atoms with Gasteiger partial charge in [-0.1, -0.05) is 51.2 Å². The van der Waals surface area contributed by atoms with Crippen LogP contribution in [0.1, 0.15) is 90.9 Å². The zero-order valence-corrected chi connectivity index (χ0v) is 17.6. The number of carbonyl (C=O) groups excluding carboxylic acids is 3. The molecule has 0 unspecified atom stereocenters. The van der Waals surface area contributed by atoms with Crippen molar-refractivity contribution >= 4 is 17.3 Å². The zero-order chi connectivity index (χ0) is 21.0. The fourth-order valence-corrected chi connectivity index (χ4v) is 3.99. The van der Waals surface area contributed by atoms with Crippen molar-refractivity contribution in [1.29, 1.82) is 0 Å². The zero-order valence-electron chi connectivity index (χ0n) is 17.6. The van der Waals surface area contributed by atoms with Crippen molar-refractivity contribution < 1.29 is 24.6 Å². The summed E-state index contributed by atoms with van der Waals surface area (Å²) in [6.45, 7) is 3.11. The van der Waals surface area contributed by atoms with E-state index in [1.165, 1.54) is 6.92 Å². The molecule has 0 spiro atoms. The van der Waals surface area contributed by atoms with Crippen molar-refractivity contribution in [3.05, 3.63) is 12.2 Å². The van der Waals surface area contributed by atoms with E-state index in [0.29, 0.717) is 31.5 Å². The summed E-state index contributed by atoms with van der Waals surface area (Å²) in [6, 6.07) is 0. The minimum atomic E-state index is -1.28. The largest absolute Gasteiger partial charge is 0.389 e. The van der Waals surface area contributed by atoms with Gasteiger partial charge in [-0.2, -0.15) is 0 Å². The second-order valence-electron chi connectivity index (χ2n) is 8.25. The van der Waals surface area contributed by atoms with Crippen LogP contribution in [0, 0.1) is 11.8 Å². The Labute approximate surface area is 169 Å². The van der Waals surface area contributed by atoms with Gasteiger partial charge in [-0.05, 0) is 38.5 Å². The molecule has 1 rings (SSSR count). The van der Waals surface area contributed by atoms with E-state index in [4.69, 9.17) is 5.11 Å². The summed E-state index contributed by atoms with van der Waals surface area (Å²) in [5.74, 6) is 0.255. The van der Waals surface area contributed by atoms with Crippen LogP contribution < -0.4 is 0 Å². The van der Waals surface area contributed by atoms with Gasteiger partial charge in [0.2, 0.25) is 0 Å². The second-order valence-corrected chi connectivity index (χ2v) is 8.25. The predicted molar refractivity (Wildman–Crippen MR) is 110 cm³/mol. The molecule has 5 heteroatoms. The van der Waals surface area contributed by atoms with Gasteiger partial charge in [-0.25, -0.2) is 0 Å². The number of hydrogen-bond donors (Lipinski definition) is 2. The lowest BCUT2D eigenvalue weighted by Gasteiger charge is -2.24. The predicted octanol–water partition coefficient (Wildman–Crippen LogP) is 3.94. The maximum atomic E-state index is 12.2. The van der Waals surface area contributed by atoms with Gasteiger partial charge in [0.05, 0.1) is 0 Å². The van der Waals surface area contributed by atoms with Crippen molar-refractivity contribution in [2.24, 2.45) is 11.8 Å². The minimum absolute atomic E-state index is 0.0383. The number of aliphatic hydroxyl groups is 2. The third kappa shape index (κ3) is 8.36. The van der Waals surface area contributed by atoms with Crippen LogP contribution in [-0.4, -0.2) is 39.8 Å². The average Bonchev–Trinajstić information content (AvgIpc) is 3.02. The molecular formula is C23H38O5. The maximum absolute atomic E-state index is 12.2. The summed E-state index contributed by atoms with van der Waals surface area (Å²) in [5, 5.41) is 19.3. The SMILES string of the molecule is CCCC[C@@](O)(CC=C[C@H]1CCC(=O)[C@@H]1CCCCCCC(=O)CO)C(C)=O. The summed E-state index contributed by atoms with van der Waals surface area (Å²) < 4.78 is 0. The van der Waals surface area contributed by atoms with Crippen molar-refractivity contribution in [2.75, 3.05) is 6.61 Å². The molecule has 0 saturated heterocycles. The summed E-state index contributed by atoms with van der Waals surface area (Å²) in [5.41, 5.74) is -1.28. The molecule has 0 aromatic rings. The lowest BCUT2D eigenvalue weighted by Crippen LogP contribution is -2.36. The van der Waals surface area contributed by atoms with Crippen LogP contribution in [0.4, 0.5) is 0 Å². The van der Waals surface area contributed by atoms with Gasteiger partial charge in [0.15, 0.2) is 11.6 Å². The molecule has 5 nitrogen and oxygen atoms in total. The normalized spacial score (nSPS) is 21.9. The molecule has 1 aliphatic carbocycles. The van der Waals surface area contributed by atoms with Gasteiger partial charge in [0.25, 0.3) is 0 Å². The first-order valence-electron chi connectivity index (χ1n) is 10.9. The standard InChI is InChI=1S/C23H38O5/c1-3-4-15-23(28,18(2)25)16-9-10-19-13-14-22(27)21(19)12-8-6-5-7-11-20(26)17-24/h9-10,19,21,24,28H,3-8,11-17H2,1-2H3/t19-,21+,23+/m0/s1. The van der Waals surface area contributed by atoms with Crippen LogP contribution in [0.15, 0.2) is 12.2 Å². The van der Waals surface area contributed by atoms with Gasteiger partial charge in [-0.3, -0.25) is 14.4 Å². The van der Waals surface area contributed by atoms with Crippen LogP contribution in [0.2, 0.25) is 0 Å². The van der Waals surface area contributed by atoms with Crippen LogP contribution in [0.5, 0.6) is 0 Å². The Hall–Kier alpha value is -1.33. The molecule has 1 aliphatic rings. The van der Waals surface area contributed by atoms with Crippen LogP contribution in [-0.2, 0) is 14.4 Å². The van der Waals surface area contributed by atoms with Crippen molar-refractivity contribution in [3.63, 3.8) is 0 Å². The Bertz CT molecular complexity index is 539. The molecule has 0 radical (unpaired) electrons. The molecule has 0 bridgehead atoms. The highest BCUT2D eigenvalue weighted by molar-refractivity contribution is 5.85. The number of hydrogen-bond acceptors (Lipinski definition) is 5. The molecule has 0 heterocycles. The molecule has 0 aromatic carbocycles. The monoisotopic (exact) mass is 394 g/mol. The van der Waals surface area contributed by atoms with Crippen molar-refractivity contribution in [3.8, 4) is 0 Å². The third-order valence-corrected chi connectivity index (χ3v) is 5.99. The van der Waals surface area contributed by atoms with Crippen LogP contribution in [0.25, 0.3) is 0 Å². The summed E-state index contributed by atoms with van der Waals surface area (Å²) in [4.78, 5) is 35.1. The fourth-order valence-electron chi connectivity index (χ4n) is 3.99. The van der Waals surface area contributed by atoms with Gasteiger partial charge in [-0.15, -0.1) is 0 Å². The van der Waals surface area contributed by atoms with Gasteiger partial charge < -0.3 is 10.2 Å². The molecule has 0 aliphatic heterocycles. The van der Waals surface area contributed by atoms with E-state index in [1.807, 2.05) is 19.1 Å². The number of allylic oxidation sites excluding steroid dienone is 1. The summed E-state index contributed by atoms with van der Waals surface area (Å²) >= 11 is 0. The summed E-state index contributed by atoms with van der Waals surface area (Å²) in [7, 11) is 0. The first-order valence-corrected chi connectivity index (χ1v) is 10.9. The topological polar surface area (TPSA) is 91.7 Å². The number of carbonyl (C=O) groups is 3. The Kier molecular flexibility index (Phi) is 11.5. The van der Waals surface area contributed by atoms with E-state index in [0.717, 1.165) is 51.4 Å². The summed E-state index contributed by atoms with van der Waals surface area (Å²) in [6.07, 6.45) is 12.9. The Morgan fingerprint density at radius 3 is 2.54 bits per heavy atom. The molecule has 3 atom stereocenters. The highest BCUT2D eigenvalue weighted by Gasteiger charge is 2.33. The maximum Gasteiger partial charge on any atom is 0.161 e. The Morgan fingerprint density at radius 2 is 1.89 bits per heavy atom. The van der Waals surface area contributed by atoms with E-state index in [9.17, 15) is 19.5 Å². The van der Waals surface area contributed by atoms with Crippen LogP contribution in [0.3, 0.4) is 0 Å². The Balaban J connectivity index is 2.44. The number of unbranched alkanes of at least 4 members (excludes halogenated alkanes) is 4. The number of ketones is 3. The second kappa shape index (κ2) is 13.0. The Morgan fingerprint density at radius 1 is 1.18 bits per heavy atom. The number of Topliss-reactive ketones (excluding diaryl/α,β-unsaturated/α-hetero) is 3. The molecule has 160 valence electrons. The molecule has 0 aromatic heterocycles. The first-order chi connectivity index (χ1) is 13.3. The number of aliphatic hydroxyl groups excluding tert-OH is 1. The van der Waals surface area contributed by atoms with Crippen molar-refractivity contribution in [2.45, 2.75) is 96.5 Å². The highest BCUT2D eigenvalue weighted by Crippen LogP contribution is 2.34. The van der Waals surface area contributed by atoms with E-state index < -0.39 is 5.60 Å². The third-order valence-electron chi connectivity index (χ3n) is 5.99. The highest BCUT2D eigenvalue weighted by atomic mass is 16.3. The smallest absolute Gasteiger partial charge is 0.161 e. The van der Waals surface area contributed by atoms with E-state index in [2.05, 4.69) is 0 Å². The first kappa shape index (κ1) is 24.7. The van der Waals surface area contributed by atoms with Gasteiger partial charge >= 0.3 is 0 Å².